The highest BCUT2D eigenvalue weighted by Crippen LogP contribution is 2.32. The zero-order valence-electron chi connectivity index (χ0n) is 10.7. The molecule has 1 aromatic heterocycles. The van der Waals surface area contributed by atoms with Crippen molar-refractivity contribution in [1.82, 2.24) is 9.21 Å². The lowest BCUT2D eigenvalue weighted by Crippen LogP contribution is -2.45. The molecular formula is C11H15ClN2O3S2. The van der Waals surface area contributed by atoms with Crippen LogP contribution in [-0.4, -0.2) is 50.2 Å². The van der Waals surface area contributed by atoms with Gasteiger partial charge in [0.1, 0.15) is 10.3 Å². The summed E-state index contributed by atoms with van der Waals surface area (Å²) in [6, 6.07) is 2.44. The minimum atomic E-state index is -3.63. The van der Waals surface area contributed by atoms with Crippen LogP contribution in [0.2, 0.25) is 4.34 Å². The van der Waals surface area contributed by atoms with Crippen molar-refractivity contribution >= 4 is 38.9 Å². The van der Waals surface area contributed by atoms with Crippen LogP contribution in [0.1, 0.15) is 12.8 Å². The van der Waals surface area contributed by atoms with Crippen molar-refractivity contribution in [2.45, 2.75) is 23.1 Å². The minimum Gasteiger partial charge on any atom is -0.347 e. The Bertz CT molecular complexity index is 583. The van der Waals surface area contributed by atoms with Crippen molar-refractivity contribution < 1.29 is 13.2 Å². The molecule has 1 aliphatic heterocycles. The molecule has 1 aromatic rings. The van der Waals surface area contributed by atoms with Gasteiger partial charge in [-0.3, -0.25) is 4.79 Å². The molecule has 0 spiro atoms. The maximum absolute atomic E-state index is 12.5. The Morgan fingerprint density at radius 1 is 1.47 bits per heavy atom. The van der Waals surface area contributed by atoms with Crippen LogP contribution < -0.4 is 0 Å². The van der Waals surface area contributed by atoms with Gasteiger partial charge in [0.2, 0.25) is 5.91 Å². The second-order valence-corrected chi connectivity index (χ2v) is 8.40. The molecule has 8 heteroatoms. The zero-order chi connectivity index (χ0) is 14.2. The molecule has 0 N–H and O–H groups in total. The van der Waals surface area contributed by atoms with Crippen LogP contribution in [0.25, 0.3) is 0 Å². The Morgan fingerprint density at radius 2 is 2.16 bits per heavy atom. The van der Waals surface area contributed by atoms with Gasteiger partial charge in [0, 0.05) is 20.6 Å². The predicted molar refractivity (Wildman–Crippen MR) is 74.9 cm³/mol. The molecule has 5 nitrogen and oxygen atoms in total. The number of carbonyl (C=O) groups is 1. The Hall–Kier alpha value is -0.630. The number of sulfonamides is 1. The fourth-order valence-corrected chi connectivity index (χ4v) is 5.39. The number of thiophene rings is 1. The van der Waals surface area contributed by atoms with Gasteiger partial charge in [-0.2, -0.15) is 4.31 Å². The normalized spacial score (nSPS) is 20.7. The number of halogens is 1. The highest BCUT2D eigenvalue weighted by atomic mass is 35.5. The van der Waals surface area contributed by atoms with Crippen LogP contribution in [0.4, 0.5) is 0 Å². The first-order chi connectivity index (χ1) is 8.84. The van der Waals surface area contributed by atoms with Crippen LogP contribution in [0.3, 0.4) is 0 Å². The molecule has 1 aliphatic rings. The van der Waals surface area contributed by atoms with Gasteiger partial charge >= 0.3 is 0 Å². The second kappa shape index (κ2) is 5.40. The molecule has 0 aromatic carbocycles. The van der Waals surface area contributed by atoms with E-state index in [9.17, 15) is 13.2 Å². The molecule has 0 radical (unpaired) electrons. The van der Waals surface area contributed by atoms with Crippen molar-refractivity contribution in [2.75, 3.05) is 20.6 Å². The summed E-state index contributed by atoms with van der Waals surface area (Å²) in [5.41, 5.74) is 0. The molecule has 1 saturated heterocycles. The topological polar surface area (TPSA) is 57.7 Å². The van der Waals surface area contributed by atoms with Crippen LogP contribution >= 0.6 is 22.9 Å². The summed E-state index contributed by atoms with van der Waals surface area (Å²) in [7, 11) is -0.361. The maximum atomic E-state index is 12.5. The van der Waals surface area contributed by atoms with Gasteiger partial charge in [-0.1, -0.05) is 11.6 Å². The van der Waals surface area contributed by atoms with Crippen LogP contribution in [0, 0.1) is 0 Å². The van der Waals surface area contributed by atoms with E-state index < -0.39 is 16.1 Å². The summed E-state index contributed by atoms with van der Waals surface area (Å²) in [6.07, 6.45) is 1.26. The van der Waals surface area contributed by atoms with Gasteiger partial charge in [-0.15, -0.1) is 11.3 Å². The molecule has 1 amide bonds. The van der Waals surface area contributed by atoms with Gasteiger partial charge in [-0.05, 0) is 25.0 Å². The van der Waals surface area contributed by atoms with Crippen molar-refractivity contribution in [3.05, 3.63) is 16.5 Å². The fraction of sp³-hybridized carbons (Fsp3) is 0.545. The summed E-state index contributed by atoms with van der Waals surface area (Å²) < 4.78 is 26.9. The number of carbonyl (C=O) groups excluding carboxylic acids is 1. The van der Waals surface area contributed by atoms with E-state index in [0.717, 1.165) is 11.3 Å². The lowest BCUT2D eigenvalue weighted by atomic mass is 10.2. The number of hydrogen-bond donors (Lipinski definition) is 0. The molecular weight excluding hydrogens is 308 g/mol. The largest absolute Gasteiger partial charge is 0.347 e. The van der Waals surface area contributed by atoms with E-state index in [1.54, 1.807) is 20.2 Å². The lowest BCUT2D eigenvalue weighted by molar-refractivity contribution is -0.132. The van der Waals surface area contributed by atoms with E-state index in [4.69, 9.17) is 11.6 Å². The van der Waals surface area contributed by atoms with E-state index in [1.807, 2.05) is 0 Å². The van der Waals surface area contributed by atoms with Crippen LogP contribution in [-0.2, 0) is 14.8 Å². The highest BCUT2D eigenvalue weighted by Gasteiger charge is 2.40. The number of hydrogen-bond acceptors (Lipinski definition) is 4. The van der Waals surface area contributed by atoms with Crippen molar-refractivity contribution in [2.24, 2.45) is 0 Å². The second-order valence-electron chi connectivity index (χ2n) is 4.56. The van der Waals surface area contributed by atoms with Crippen molar-refractivity contribution in [3.8, 4) is 0 Å². The molecule has 0 saturated carbocycles. The van der Waals surface area contributed by atoms with Crippen LogP contribution in [0.5, 0.6) is 0 Å². The van der Waals surface area contributed by atoms with Gasteiger partial charge in [0.15, 0.2) is 0 Å². The average Bonchev–Trinajstić information content (AvgIpc) is 2.96. The molecule has 0 bridgehead atoms. The maximum Gasteiger partial charge on any atom is 0.253 e. The Kier molecular flexibility index (Phi) is 4.20. The summed E-state index contributed by atoms with van der Waals surface area (Å²) >= 11 is 6.80. The van der Waals surface area contributed by atoms with Crippen molar-refractivity contribution in [3.63, 3.8) is 0 Å². The number of nitrogens with zero attached hydrogens (tertiary/aromatic N) is 2. The molecule has 2 heterocycles. The summed E-state index contributed by atoms with van der Waals surface area (Å²) in [5, 5.41) is 0. The van der Waals surface area contributed by atoms with Crippen LogP contribution in [0.15, 0.2) is 16.3 Å². The van der Waals surface area contributed by atoms with Gasteiger partial charge < -0.3 is 4.90 Å². The van der Waals surface area contributed by atoms with Gasteiger partial charge in [-0.25, -0.2) is 8.42 Å². The Morgan fingerprint density at radius 3 is 2.68 bits per heavy atom. The van der Waals surface area contributed by atoms with E-state index in [2.05, 4.69) is 0 Å². The smallest absolute Gasteiger partial charge is 0.253 e. The predicted octanol–water partition coefficient (Wildman–Crippen LogP) is 1.64. The summed E-state index contributed by atoms with van der Waals surface area (Å²) in [4.78, 5) is 13.5. The third-order valence-electron chi connectivity index (χ3n) is 3.04. The van der Waals surface area contributed by atoms with Crippen molar-refractivity contribution in [1.29, 1.82) is 0 Å². The molecule has 1 unspecified atom stereocenters. The van der Waals surface area contributed by atoms with Gasteiger partial charge in [0.25, 0.3) is 10.0 Å². The first kappa shape index (κ1) is 14.8. The Labute approximate surface area is 121 Å². The SMILES string of the molecule is CN(C)C(=O)C1CCCN1S(=O)(=O)c1ccc(Cl)s1. The molecule has 1 atom stereocenters. The number of amides is 1. The standard InChI is InChI=1S/C11H15ClN2O3S2/c1-13(2)11(15)8-4-3-7-14(8)19(16,17)10-6-5-9(12)18-10/h5-6,8H,3-4,7H2,1-2H3. The van der Waals surface area contributed by atoms with Gasteiger partial charge in [0.05, 0.1) is 4.34 Å². The zero-order valence-corrected chi connectivity index (χ0v) is 13.1. The number of rotatable bonds is 3. The monoisotopic (exact) mass is 322 g/mol. The van der Waals surface area contributed by atoms with E-state index >= 15 is 0 Å². The average molecular weight is 323 g/mol. The first-order valence-electron chi connectivity index (χ1n) is 5.82. The number of likely N-dealkylation sites (N-methyl/N-ethyl adjacent to an activating group) is 1. The van der Waals surface area contributed by atoms with E-state index in [0.29, 0.717) is 23.7 Å². The minimum absolute atomic E-state index is 0.177. The quantitative estimate of drug-likeness (QED) is 0.850. The summed E-state index contributed by atoms with van der Waals surface area (Å²) in [6.45, 7) is 0.377. The summed E-state index contributed by atoms with van der Waals surface area (Å²) in [5.74, 6) is -0.177. The van der Waals surface area contributed by atoms with E-state index in [1.165, 1.54) is 15.3 Å². The highest BCUT2D eigenvalue weighted by molar-refractivity contribution is 7.91. The first-order valence-corrected chi connectivity index (χ1v) is 8.46. The third-order valence-corrected chi connectivity index (χ3v) is 6.65. The molecule has 0 aliphatic carbocycles. The Balaban J connectivity index is 2.32. The fourth-order valence-electron chi connectivity index (χ4n) is 2.12. The molecule has 19 heavy (non-hydrogen) atoms. The lowest BCUT2D eigenvalue weighted by Gasteiger charge is -2.24. The van der Waals surface area contributed by atoms with E-state index in [-0.39, 0.29) is 10.1 Å². The molecule has 1 fully saturated rings. The molecule has 2 rings (SSSR count). The third kappa shape index (κ3) is 2.79. The molecule has 106 valence electrons.